The van der Waals surface area contributed by atoms with E-state index in [1.54, 1.807) is 0 Å². The van der Waals surface area contributed by atoms with Crippen LogP contribution in [-0.4, -0.2) is 21.6 Å². The van der Waals surface area contributed by atoms with Gasteiger partial charge in [0.05, 0.1) is 11.3 Å². The van der Waals surface area contributed by atoms with Crippen LogP contribution < -0.4 is 5.32 Å². The Labute approximate surface area is 151 Å². The van der Waals surface area contributed by atoms with Gasteiger partial charge >= 0.3 is 0 Å². The van der Waals surface area contributed by atoms with Crippen molar-refractivity contribution in [1.82, 2.24) is 9.97 Å². The maximum absolute atomic E-state index is 12.3. The Morgan fingerprint density at radius 2 is 1.96 bits per heavy atom. The molecule has 1 aliphatic rings. The Kier molecular flexibility index (Phi) is 4.40. The zero-order valence-electron chi connectivity index (χ0n) is 14.1. The monoisotopic (exact) mass is 349 g/mol. The first-order valence-electron chi connectivity index (χ1n) is 8.47. The lowest BCUT2D eigenvalue weighted by Gasteiger charge is -2.09. The zero-order valence-corrected chi connectivity index (χ0v) is 14.9. The maximum Gasteiger partial charge on any atom is 0.234 e. The van der Waals surface area contributed by atoms with Crippen LogP contribution in [0.15, 0.2) is 47.5 Å². The van der Waals surface area contributed by atoms with Crippen molar-refractivity contribution in [3.05, 3.63) is 59.4 Å². The van der Waals surface area contributed by atoms with Gasteiger partial charge in [-0.2, -0.15) is 0 Å². The van der Waals surface area contributed by atoms with Gasteiger partial charge in [-0.15, -0.1) is 0 Å². The fraction of sp³-hybridized carbons (Fsp3) is 0.250. The van der Waals surface area contributed by atoms with Crippen molar-refractivity contribution in [1.29, 1.82) is 0 Å². The SMILES string of the molecule is Cc1nc(SCC(=O)Nc2ccc3c(c2)CCC3)c2ccccc2n1. The highest BCUT2D eigenvalue weighted by Gasteiger charge is 2.13. The lowest BCUT2D eigenvalue weighted by atomic mass is 10.1. The molecular formula is C20H19N3OS. The van der Waals surface area contributed by atoms with Gasteiger partial charge in [0.15, 0.2) is 0 Å². The van der Waals surface area contributed by atoms with Gasteiger partial charge in [-0.3, -0.25) is 4.79 Å². The number of benzene rings is 2. The molecule has 3 aromatic rings. The maximum atomic E-state index is 12.3. The third-order valence-corrected chi connectivity index (χ3v) is 5.39. The van der Waals surface area contributed by atoms with E-state index in [2.05, 4.69) is 27.4 Å². The summed E-state index contributed by atoms with van der Waals surface area (Å²) in [5.41, 5.74) is 4.57. The van der Waals surface area contributed by atoms with Crippen LogP contribution >= 0.6 is 11.8 Å². The summed E-state index contributed by atoms with van der Waals surface area (Å²) in [7, 11) is 0. The second-order valence-electron chi connectivity index (χ2n) is 6.27. The highest BCUT2D eigenvalue weighted by molar-refractivity contribution is 8.00. The van der Waals surface area contributed by atoms with Crippen LogP contribution in [0.1, 0.15) is 23.4 Å². The van der Waals surface area contributed by atoms with Crippen LogP contribution in [0.5, 0.6) is 0 Å². The molecule has 0 saturated heterocycles. The highest BCUT2D eigenvalue weighted by atomic mass is 32.2. The molecule has 0 aliphatic heterocycles. The predicted molar refractivity (Wildman–Crippen MR) is 102 cm³/mol. The zero-order chi connectivity index (χ0) is 17.2. The average molecular weight is 349 g/mol. The molecule has 0 bridgehead atoms. The largest absolute Gasteiger partial charge is 0.325 e. The van der Waals surface area contributed by atoms with Crippen LogP contribution in [0.25, 0.3) is 10.9 Å². The second-order valence-corrected chi connectivity index (χ2v) is 7.23. The van der Waals surface area contributed by atoms with Crippen molar-refractivity contribution in [2.24, 2.45) is 0 Å². The van der Waals surface area contributed by atoms with Crippen molar-refractivity contribution < 1.29 is 4.79 Å². The summed E-state index contributed by atoms with van der Waals surface area (Å²) in [6.45, 7) is 1.88. The molecule has 126 valence electrons. The van der Waals surface area contributed by atoms with Crippen LogP contribution in [-0.2, 0) is 17.6 Å². The topological polar surface area (TPSA) is 54.9 Å². The van der Waals surface area contributed by atoms with Gasteiger partial charge < -0.3 is 5.32 Å². The standard InChI is InChI=1S/C20H19N3OS/c1-13-21-18-8-3-2-7-17(18)20(22-13)25-12-19(24)23-16-10-9-14-5-4-6-15(14)11-16/h2-3,7-11H,4-6,12H2,1H3,(H,23,24). The minimum atomic E-state index is -0.0108. The molecule has 0 fully saturated rings. The van der Waals surface area contributed by atoms with Gasteiger partial charge in [0.25, 0.3) is 0 Å². The third kappa shape index (κ3) is 3.51. The Morgan fingerprint density at radius 3 is 2.88 bits per heavy atom. The minimum Gasteiger partial charge on any atom is -0.325 e. The van der Waals surface area contributed by atoms with Crippen molar-refractivity contribution in [2.75, 3.05) is 11.1 Å². The molecule has 1 amide bonds. The average Bonchev–Trinajstić information content (AvgIpc) is 3.07. The lowest BCUT2D eigenvalue weighted by Crippen LogP contribution is -2.14. The lowest BCUT2D eigenvalue weighted by molar-refractivity contribution is -0.113. The van der Waals surface area contributed by atoms with Gasteiger partial charge in [-0.05, 0) is 55.5 Å². The number of rotatable bonds is 4. The van der Waals surface area contributed by atoms with E-state index in [9.17, 15) is 4.79 Å². The minimum absolute atomic E-state index is 0.0108. The first-order chi connectivity index (χ1) is 12.2. The van der Waals surface area contributed by atoms with E-state index in [0.29, 0.717) is 5.75 Å². The van der Waals surface area contributed by atoms with Crippen LogP contribution in [0.2, 0.25) is 0 Å². The Hall–Kier alpha value is -2.40. The molecular weight excluding hydrogens is 330 g/mol. The van der Waals surface area contributed by atoms with E-state index in [1.165, 1.54) is 29.3 Å². The van der Waals surface area contributed by atoms with E-state index in [1.807, 2.05) is 37.3 Å². The number of para-hydroxylation sites is 1. The summed E-state index contributed by atoms with van der Waals surface area (Å²) in [5, 5.41) is 4.84. The summed E-state index contributed by atoms with van der Waals surface area (Å²) >= 11 is 1.45. The summed E-state index contributed by atoms with van der Waals surface area (Å²) in [6, 6.07) is 14.1. The number of carbonyl (C=O) groups is 1. The van der Waals surface area contributed by atoms with Crippen molar-refractivity contribution >= 4 is 34.3 Å². The van der Waals surface area contributed by atoms with Gasteiger partial charge in [0, 0.05) is 11.1 Å². The molecule has 2 aromatic carbocycles. The molecule has 0 saturated carbocycles. The van der Waals surface area contributed by atoms with Crippen LogP contribution in [0.3, 0.4) is 0 Å². The number of fused-ring (bicyclic) bond motifs is 2. The van der Waals surface area contributed by atoms with E-state index in [4.69, 9.17) is 0 Å². The molecule has 0 unspecified atom stereocenters. The Bertz CT molecular complexity index is 955. The molecule has 1 aromatic heterocycles. The molecule has 1 N–H and O–H groups in total. The molecule has 0 atom stereocenters. The van der Waals surface area contributed by atoms with Crippen molar-refractivity contribution in [2.45, 2.75) is 31.2 Å². The molecule has 5 heteroatoms. The van der Waals surface area contributed by atoms with Crippen LogP contribution in [0.4, 0.5) is 5.69 Å². The van der Waals surface area contributed by atoms with Crippen LogP contribution in [0, 0.1) is 6.92 Å². The van der Waals surface area contributed by atoms with Crippen molar-refractivity contribution in [3.63, 3.8) is 0 Å². The number of carbonyl (C=O) groups excluding carboxylic acids is 1. The predicted octanol–water partition coefficient (Wildman–Crippen LogP) is 4.16. The Balaban J connectivity index is 1.45. The number of hydrogen-bond donors (Lipinski definition) is 1. The third-order valence-electron chi connectivity index (χ3n) is 4.40. The van der Waals surface area contributed by atoms with Crippen molar-refractivity contribution in [3.8, 4) is 0 Å². The summed E-state index contributed by atoms with van der Waals surface area (Å²) in [5.74, 6) is 1.04. The number of anilines is 1. The van der Waals surface area contributed by atoms with E-state index < -0.39 is 0 Å². The summed E-state index contributed by atoms with van der Waals surface area (Å²) in [4.78, 5) is 21.3. The van der Waals surface area contributed by atoms with Gasteiger partial charge in [-0.1, -0.05) is 36.0 Å². The second kappa shape index (κ2) is 6.84. The number of nitrogens with zero attached hydrogens (tertiary/aromatic N) is 2. The first-order valence-corrected chi connectivity index (χ1v) is 9.45. The molecule has 1 heterocycles. The molecule has 25 heavy (non-hydrogen) atoms. The fourth-order valence-electron chi connectivity index (χ4n) is 3.25. The number of nitrogens with one attached hydrogen (secondary N) is 1. The smallest absolute Gasteiger partial charge is 0.234 e. The number of amides is 1. The molecule has 0 spiro atoms. The first kappa shape index (κ1) is 16.1. The normalized spacial score (nSPS) is 13.0. The Morgan fingerprint density at radius 1 is 1.12 bits per heavy atom. The van der Waals surface area contributed by atoms with Gasteiger partial charge in [0.1, 0.15) is 10.9 Å². The highest BCUT2D eigenvalue weighted by Crippen LogP contribution is 2.27. The van der Waals surface area contributed by atoms with Gasteiger partial charge in [-0.25, -0.2) is 9.97 Å². The number of aryl methyl sites for hydroxylation is 3. The number of aromatic nitrogens is 2. The van der Waals surface area contributed by atoms with E-state index in [-0.39, 0.29) is 5.91 Å². The molecule has 4 nitrogen and oxygen atoms in total. The van der Waals surface area contributed by atoms with Gasteiger partial charge in [0.2, 0.25) is 5.91 Å². The number of thioether (sulfide) groups is 1. The molecule has 4 rings (SSSR count). The molecule has 1 aliphatic carbocycles. The summed E-state index contributed by atoms with van der Waals surface area (Å²) in [6.07, 6.45) is 3.47. The number of hydrogen-bond acceptors (Lipinski definition) is 4. The summed E-state index contributed by atoms with van der Waals surface area (Å²) < 4.78 is 0. The quantitative estimate of drug-likeness (QED) is 0.568. The molecule has 0 radical (unpaired) electrons. The van der Waals surface area contributed by atoms with E-state index in [0.717, 1.165) is 40.3 Å². The fourth-order valence-corrected chi connectivity index (χ4v) is 4.11. The van der Waals surface area contributed by atoms with E-state index >= 15 is 0 Å².